The van der Waals surface area contributed by atoms with Gasteiger partial charge in [-0.05, 0) is 35.9 Å². The van der Waals surface area contributed by atoms with Crippen LogP contribution in [0.4, 0.5) is 21.0 Å². The van der Waals surface area contributed by atoms with Gasteiger partial charge in [-0.3, -0.25) is 10.6 Å². The maximum Gasteiger partial charge on any atom is 0.411 e. The summed E-state index contributed by atoms with van der Waals surface area (Å²) in [6.07, 6.45) is -1.09. The molecule has 2 N–H and O–H groups in total. The van der Waals surface area contributed by atoms with Gasteiger partial charge in [-0.15, -0.1) is 0 Å². The van der Waals surface area contributed by atoms with E-state index in [1.54, 1.807) is 24.3 Å². The molecule has 0 spiro atoms. The Morgan fingerprint density at radius 2 is 0.941 bits per heavy atom. The van der Waals surface area contributed by atoms with Crippen molar-refractivity contribution in [2.75, 3.05) is 23.8 Å². The first-order chi connectivity index (χ1) is 16.7. The van der Waals surface area contributed by atoms with Crippen LogP contribution in [-0.4, -0.2) is 96.2 Å². The Hall–Kier alpha value is -2.37. The number of hydrogen-bond acceptors (Lipinski definition) is 4. The molecule has 6 nitrogen and oxygen atoms in total. The van der Waals surface area contributed by atoms with Crippen LogP contribution in [0.3, 0.4) is 0 Å². The van der Waals surface area contributed by atoms with Crippen molar-refractivity contribution in [2.45, 2.75) is 11.6 Å². The number of rotatable bonds is 6. The van der Waals surface area contributed by atoms with E-state index in [4.69, 9.17) is 9.47 Å². The normalized spacial score (nSPS) is 17.3. The third-order valence-corrected chi connectivity index (χ3v) is 4.90. The Morgan fingerprint density at radius 1 is 0.588 bits per heavy atom. The molecule has 2 aromatic rings. The molecule has 0 saturated carbocycles. The molecule has 0 unspecified atom stereocenters. The zero-order valence-corrected chi connectivity index (χ0v) is 18.7. The van der Waals surface area contributed by atoms with E-state index in [1.165, 1.54) is 0 Å². The minimum Gasteiger partial charge on any atom is -0.450 e. The molecule has 1 fully saturated rings. The van der Waals surface area contributed by atoms with Crippen molar-refractivity contribution in [3.63, 3.8) is 0 Å². The largest absolute Gasteiger partial charge is 0.450 e. The highest BCUT2D eigenvalue weighted by Crippen LogP contribution is 2.24. The minimum absolute atomic E-state index is 0.112. The maximum absolute atomic E-state index is 12.3. The molecule has 0 aromatic heterocycles. The third kappa shape index (κ3) is 10.3. The average Bonchev–Trinajstić information content (AvgIpc) is 2.84. The van der Waals surface area contributed by atoms with Crippen molar-refractivity contribution >= 4 is 94.4 Å². The summed E-state index contributed by atoms with van der Waals surface area (Å²) in [5, 5.41) is 5.42. The molecule has 3 rings (SSSR count). The van der Waals surface area contributed by atoms with E-state index in [1.807, 2.05) is 107 Å². The summed E-state index contributed by atoms with van der Waals surface area (Å²) < 4.78 is 11.0. The maximum atomic E-state index is 12.3. The highest BCUT2D eigenvalue weighted by molar-refractivity contribution is 7.69. The lowest BCUT2D eigenvalue weighted by molar-refractivity contribution is 0.143. The Bertz CT molecular complexity index is 799. The van der Waals surface area contributed by atoms with Crippen molar-refractivity contribution < 1.29 is 19.1 Å². The number of ether oxygens (including phenoxy) is 2. The lowest BCUT2D eigenvalue weighted by Gasteiger charge is -2.27. The van der Waals surface area contributed by atoms with E-state index in [0.717, 1.165) is 0 Å². The number of amides is 2. The Balaban J connectivity index is 1.57. The van der Waals surface area contributed by atoms with Gasteiger partial charge in [-0.25, -0.2) is 9.59 Å². The van der Waals surface area contributed by atoms with Crippen LogP contribution in [0.25, 0.3) is 0 Å². The van der Waals surface area contributed by atoms with Gasteiger partial charge in [0.15, 0.2) is 0 Å². The number of para-hydroxylation sites is 2. The predicted molar refractivity (Wildman–Crippen MR) is 148 cm³/mol. The van der Waals surface area contributed by atoms with E-state index in [-0.39, 0.29) is 24.8 Å². The van der Waals surface area contributed by atoms with Crippen LogP contribution in [0.5, 0.6) is 0 Å². The van der Waals surface area contributed by atoms with E-state index < -0.39 is 12.2 Å². The first-order valence-electron chi connectivity index (χ1n) is 11.0. The second kappa shape index (κ2) is 15.5. The van der Waals surface area contributed by atoms with Gasteiger partial charge >= 0.3 is 12.2 Å². The van der Waals surface area contributed by atoms with Crippen molar-refractivity contribution in [3.05, 3.63) is 60.7 Å². The summed E-state index contributed by atoms with van der Waals surface area (Å²) >= 11 is 0. The Labute approximate surface area is 209 Å². The van der Waals surface area contributed by atoms with Gasteiger partial charge in [0.25, 0.3) is 0 Å². The second-order valence-electron chi connectivity index (χ2n) is 7.43. The molecular weight excluding hydrogens is 416 g/mol. The van der Waals surface area contributed by atoms with E-state index in [2.05, 4.69) is 10.6 Å². The predicted octanol–water partition coefficient (Wildman–Crippen LogP) is 0.351. The molecule has 10 radical (unpaired) electrons. The first-order valence-corrected chi connectivity index (χ1v) is 11.0. The third-order valence-electron chi connectivity index (χ3n) is 4.90. The number of benzene rings is 2. The molecule has 0 bridgehead atoms. The Morgan fingerprint density at radius 3 is 1.32 bits per heavy atom. The summed E-state index contributed by atoms with van der Waals surface area (Å²) in [5.74, 6) is -0.437. The topological polar surface area (TPSA) is 76.7 Å². The fourth-order valence-electron chi connectivity index (χ4n) is 3.14. The fraction of sp³-hybridized carbons (Fsp3) is 0.222. The van der Waals surface area contributed by atoms with Gasteiger partial charge in [0.1, 0.15) is 0 Å². The van der Waals surface area contributed by atoms with Gasteiger partial charge < -0.3 is 9.47 Å². The molecule has 16 heteroatoms. The lowest BCUT2D eigenvalue weighted by atomic mass is 8.87. The quantitative estimate of drug-likeness (QED) is 0.644. The van der Waals surface area contributed by atoms with Crippen LogP contribution in [0.2, 0.25) is 11.6 Å². The van der Waals surface area contributed by atoms with Gasteiger partial charge in [0, 0.05) is 67.9 Å². The van der Waals surface area contributed by atoms with Crippen molar-refractivity contribution in [2.24, 2.45) is 0 Å². The van der Waals surface area contributed by atoms with Crippen LogP contribution in [0, 0.1) is 0 Å². The van der Waals surface area contributed by atoms with Crippen molar-refractivity contribution in [1.29, 1.82) is 0 Å². The molecule has 2 aromatic carbocycles. The molecule has 1 heterocycles. The summed E-state index contributed by atoms with van der Waals surface area (Å²) in [4.78, 5) is 24.6. The number of nitrogens with one attached hydrogen (secondary N) is 2. The SMILES string of the molecule is O=C(Nc1ccccc1)OC[C@H]1[B][B][B][B][B][B][B][B][B][B][C@H]1COC(=O)Nc1ccccc1. The number of carbonyl (C=O) groups excluding carboxylic acids is 2. The molecule has 34 heavy (non-hydrogen) atoms. The van der Waals surface area contributed by atoms with Gasteiger partial charge in [-0.1, -0.05) is 36.4 Å². The summed E-state index contributed by atoms with van der Waals surface area (Å²) in [6.45, 7) is 0.225. The fourth-order valence-corrected chi connectivity index (χ4v) is 3.14. The minimum atomic E-state index is -0.547. The average molecular weight is 434 g/mol. The van der Waals surface area contributed by atoms with Crippen LogP contribution in [0.1, 0.15) is 0 Å². The van der Waals surface area contributed by atoms with Gasteiger partial charge in [0.2, 0.25) is 0 Å². The molecule has 1 saturated heterocycles. The van der Waals surface area contributed by atoms with Gasteiger partial charge in [0.05, 0.1) is 27.6 Å². The second-order valence-corrected chi connectivity index (χ2v) is 7.43. The monoisotopic (exact) mass is 436 g/mol. The zero-order chi connectivity index (χ0) is 23.8. The van der Waals surface area contributed by atoms with E-state index >= 15 is 0 Å². The lowest BCUT2D eigenvalue weighted by Crippen LogP contribution is -2.39. The highest BCUT2D eigenvalue weighted by atomic mass is 16.6. The summed E-state index contributed by atoms with van der Waals surface area (Å²) in [5.41, 5.74) is 1.30. The van der Waals surface area contributed by atoms with Crippen LogP contribution in [0.15, 0.2) is 60.7 Å². The van der Waals surface area contributed by atoms with Crippen LogP contribution in [-0.2, 0) is 9.47 Å². The molecule has 2 amide bonds. The van der Waals surface area contributed by atoms with E-state index in [9.17, 15) is 9.59 Å². The molecule has 2 atom stereocenters. The molecule has 0 aliphatic carbocycles. The van der Waals surface area contributed by atoms with E-state index in [0.29, 0.717) is 11.4 Å². The number of hydrogen-bond donors (Lipinski definition) is 2. The van der Waals surface area contributed by atoms with Crippen molar-refractivity contribution in [3.8, 4) is 0 Å². The summed E-state index contributed by atoms with van der Waals surface area (Å²) in [7, 11) is 19.1. The van der Waals surface area contributed by atoms with Crippen LogP contribution >= 0.6 is 0 Å². The zero-order valence-electron chi connectivity index (χ0n) is 18.7. The van der Waals surface area contributed by atoms with Gasteiger partial charge in [-0.2, -0.15) is 0 Å². The number of carbonyl (C=O) groups is 2. The molecule has 1 aliphatic rings. The van der Waals surface area contributed by atoms with Crippen molar-refractivity contribution in [1.82, 2.24) is 0 Å². The Kier molecular flexibility index (Phi) is 12.0. The van der Waals surface area contributed by atoms with Crippen LogP contribution < -0.4 is 10.6 Å². The summed E-state index contributed by atoms with van der Waals surface area (Å²) in [6, 6.07) is 18.2. The molecular formula is C18H18B10N2O4. The number of anilines is 2. The standard InChI is InChI=1S/C18H18B10N2O4/c31-17(29-13-7-3-1-4-8-13)33-11-15-16(20-22-24-26-28-27-25-23-21-19-15)12-34-18(32)30-14-9-5-2-6-10-14/h1-10,15-16H,11-12H2,(H,29,31)(H,30,32)/t15-,16+. The molecule has 1 aliphatic heterocycles. The highest BCUT2D eigenvalue weighted by Gasteiger charge is 2.25. The molecule has 154 valence electrons. The smallest absolute Gasteiger partial charge is 0.411 e. The first kappa shape index (κ1) is 26.2.